The van der Waals surface area contributed by atoms with E-state index in [0.717, 1.165) is 36.1 Å². The number of carbonyl (C=O) groups excluding carboxylic acids is 1. The third-order valence-electron chi connectivity index (χ3n) is 7.31. The second-order valence-corrected chi connectivity index (χ2v) is 11.2. The van der Waals surface area contributed by atoms with Crippen molar-refractivity contribution in [1.82, 2.24) is 19.4 Å². The van der Waals surface area contributed by atoms with Gasteiger partial charge in [0, 0.05) is 41.6 Å². The van der Waals surface area contributed by atoms with Crippen LogP contribution in [0.5, 0.6) is 11.5 Å². The Balaban J connectivity index is 1.19. The zero-order valence-corrected chi connectivity index (χ0v) is 23.0. The first-order valence-corrected chi connectivity index (χ1v) is 14.1. The Morgan fingerprint density at radius 1 is 1.00 bits per heavy atom. The second-order valence-electron chi connectivity index (χ2n) is 10.1. The molecule has 7 nitrogen and oxygen atoms in total. The van der Waals surface area contributed by atoms with Crippen LogP contribution in [0.2, 0.25) is 0 Å². The maximum absolute atomic E-state index is 15.2. The summed E-state index contributed by atoms with van der Waals surface area (Å²) in [6.07, 6.45) is 6.34. The lowest BCUT2D eigenvalue weighted by atomic mass is 9.95. The van der Waals surface area contributed by atoms with Crippen molar-refractivity contribution >= 4 is 27.3 Å². The van der Waals surface area contributed by atoms with Gasteiger partial charge in [-0.1, -0.05) is 6.07 Å². The summed E-state index contributed by atoms with van der Waals surface area (Å²) in [5, 5.41) is 0. The predicted octanol–water partition coefficient (Wildman–Crippen LogP) is 6.15. The van der Waals surface area contributed by atoms with Gasteiger partial charge in [-0.25, -0.2) is 13.8 Å². The highest BCUT2D eigenvalue weighted by atomic mass is 32.1. The number of fused-ring (bicyclic) bond motifs is 1. The Hall–Kier alpha value is -4.28. The van der Waals surface area contributed by atoms with Gasteiger partial charge in [0.15, 0.2) is 23.0 Å². The number of piperidine rings is 1. The summed E-state index contributed by atoms with van der Waals surface area (Å²) in [7, 11) is 2.13. The number of halogens is 2. The van der Waals surface area contributed by atoms with Crippen molar-refractivity contribution in [3.63, 3.8) is 0 Å². The molecule has 2 aromatic carbocycles. The van der Waals surface area contributed by atoms with Crippen LogP contribution in [0.3, 0.4) is 0 Å². The first kappa shape index (κ1) is 26.9. The molecule has 1 aliphatic rings. The predicted molar refractivity (Wildman–Crippen MR) is 153 cm³/mol. The molecule has 3 aromatic heterocycles. The number of ketones is 1. The fourth-order valence-electron chi connectivity index (χ4n) is 5.04. The number of Topliss-reactive ketones (excluding diaryl/α,β-unsaturated/α-hetero) is 1. The van der Waals surface area contributed by atoms with Gasteiger partial charge in [-0.3, -0.25) is 19.1 Å². The van der Waals surface area contributed by atoms with Crippen molar-refractivity contribution in [3.05, 3.63) is 111 Å². The molecule has 1 saturated heterocycles. The van der Waals surface area contributed by atoms with Gasteiger partial charge in [-0.05, 0) is 86.9 Å². The molecular formula is C31H26F2N4O3S. The van der Waals surface area contributed by atoms with Crippen molar-refractivity contribution in [2.24, 2.45) is 0 Å². The lowest BCUT2D eigenvalue weighted by Crippen LogP contribution is -2.28. The molecule has 0 unspecified atom stereocenters. The van der Waals surface area contributed by atoms with Gasteiger partial charge in [0.25, 0.3) is 5.56 Å². The highest BCUT2D eigenvalue weighted by Gasteiger charge is 2.22. The minimum absolute atomic E-state index is 0.0273. The lowest BCUT2D eigenvalue weighted by Gasteiger charge is -2.28. The van der Waals surface area contributed by atoms with E-state index in [1.165, 1.54) is 58.2 Å². The Labute approximate surface area is 238 Å². The van der Waals surface area contributed by atoms with Crippen LogP contribution in [0.1, 0.15) is 39.7 Å². The van der Waals surface area contributed by atoms with Crippen molar-refractivity contribution in [1.29, 1.82) is 0 Å². The third-order valence-corrected chi connectivity index (χ3v) is 8.61. The number of benzene rings is 2. The number of pyridine rings is 1. The molecule has 0 N–H and O–H groups in total. The zero-order valence-electron chi connectivity index (χ0n) is 22.2. The molecule has 0 radical (unpaired) electrons. The van der Waals surface area contributed by atoms with Gasteiger partial charge in [0.2, 0.25) is 0 Å². The molecule has 41 heavy (non-hydrogen) atoms. The summed E-state index contributed by atoms with van der Waals surface area (Å²) in [6, 6.07) is 13.4. The first-order valence-electron chi connectivity index (χ1n) is 13.3. The summed E-state index contributed by atoms with van der Waals surface area (Å²) in [6.45, 7) is 2.11. The molecule has 5 aromatic rings. The van der Waals surface area contributed by atoms with E-state index >= 15 is 4.39 Å². The summed E-state index contributed by atoms with van der Waals surface area (Å²) in [5.74, 6) is -0.600. The topological polar surface area (TPSA) is 77.3 Å². The molecule has 0 saturated carbocycles. The van der Waals surface area contributed by atoms with Crippen LogP contribution in [0.15, 0.2) is 78.0 Å². The molecule has 1 fully saturated rings. The number of thiophene rings is 1. The average Bonchev–Trinajstić information content (AvgIpc) is 3.41. The fraction of sp³-hybridized carbons (Fsp3) is 0.226. The molecule has 0 bridgehead atoms. The van der Waals surface area contributed by atoms with Crippen LogP contribution in [0, 0.1) is 11.6 Å². The first-order chi connectivity index (χ1) is 19.9. The SMILES string of the molecule is CN1CCC(c2cc3nccc(Oc4ccc(CC(=O)c5nccn(-c6ccc(F)cc6)c5=O)cc4F)c3s2)CC1. The summed E-state index contributed by atoms with van der Waals surface area (Å²) in [4.78, 5) is 37.9. The number of hydrogen-bond donors (Lipinski definition) is 0. The van der Waals surface area contributed by atoms with Gasteiger partial charge in [0.05, 0.1) is 10.2 Å². The van der Waals surface area contributed by atoms with E-state index in [4.69, 9.17) is 4.74 Å². The molecule has 0 aliphatic carbocycles. The Kier molecular flexibility index (Phi) is 7.42. The molecule has 10 heteroatoms. The number of hydrogen-bond acceptors (Lipinski definition) is 7. The van der Waals surface area contributed by atoms with Gasteiger partial charge in [-0.2, -0.15) is 0 Å². The van der Waals surface area contributed by atoms with E-state index in [2.05, 4.69) is 28.0 Å². The largest absolute Gasteiger partial charge is 0.453 e. The monoisotopic (exact) mass is 572 g/mol. The van der Waals surface area contributed by atoms with Crippen molar-refractivity contribution < 1.29 is 18.3 Å². The summed E-state index contributed by atoms with van der Waals surface area (Å²) >= 11 is 1.64. The highest BCUT2D eigenvalue weighted by molar-refractivity contribution is 7.19. The Morgan fingerprint density at radius 3 is 2.54 bits per heavy atom. The number of likely N-dealkylation sites (tertiary alicyclic amines) is 1. The van der Waals surface area contributed by atoms with Crippen LogP contribution >= 0.6 is 11.3 Å². The maximum Gasteiger partial charge on any atom is 0.284 e. The van der Waals surface area contributed by atoms with Crippen molar-refractivity contribution in [2.45, 2.75) is 25.2 Å². The highest BCUT2D eigenvalue weighted by Crippen LogP contribution is 2.40. The van der Waals surface area contributed by atoms with E-state index in [0.29, 0.717) is 22.9 Å². The van der Waals surface area contributed by atoms with Crippen LogP contribution in [-0.2, 0) is 6.42 Å². The smallest absolute Gasteiger partial charge is 0.284 e. The lowest BCUT2D eigenvalue weighted by molar-refractivity contribution is 0.0986. The summed E-state index contributed by atoms with van der Waals surface area (Å²) in [5.41, 5.74) is 0.677. The molecule has 0 atom stereocenters. The van der Waals surface area contributed by atoms with Gasteiger partial charge >= 0.3 is 0 Å². The van der Waals surface area contributed by atoms with Gasteiger partial charge in [0.1, 0.15) is 11.6 Å². The van der Waals surface area contributed by atoms with Crippen LogP contribution in [0.4, 0.5) is 8.78 Å². The minimum atomic E-state index is -0.637. The molecule has 0 spiro atoms. The van der Waals surface area contributed by atoms with Crippen molar-refractivity contribution in [2.75, 3.05) is 20.1 Å². The third kappa shape index (κ3) is 5.66. The zero-order chi connectivity index (χ0) is 28.5. The van der Waals surface area contributed by atoms with Crippen LogP contribution in [-0.4, -0.2) is 45.4 Å². The molecule has 6 rings (SSSR count). The van der Waals surface area contributed by atoms with E-state index in [1.807, 2.05) is 0 Å². The van der Waals surface area contributed by atoms with E-state index < -0.39 is 23.0 Å². The molecular weight excluding hydrogens is 546 g/mol. The quantitative estimate of drug-likeness (QED) is 0.218. The molecule has 1 aliphatic heterocycles. The van der Waals surface area contributed by atoms with Gasteiger partial charge in [-0.15, -0.1) is 11.3 Å². The minimum Gasteiger partial charge on any atom is -0.453 e. The normalized spacial score (nSPS) is 14.4. The number of ether oxygens (including phenoxy) is 1. The van der Waals surface area contributed by atoms with Crippen LogP contribution in [0.25, 0.3) is 15.9 Å². The van der Waals surface area contributed by atoms with Crippen LogP contribution < -0.4 is 10.3 Å². The molecule has 208 valence electrons. The Morgan fingerprint density at radius 2 is 1.78 bits per heavy atom. The Bertz CT molecular complexity index is 1790. The average molecular weight is 573 g/mol. The number of aromatic nitrogens is 3. The number of nitrogens with zero attached hydrogens (tertiary/aromatic N) is 4. The fourth-order valence-corrected chi connectivity index (χ4v) is 6.28. The van der Waals surface area contributed by atoms with Gasteiger partial charge < -0.3 is 9.64 Å². The number of carbonyl (C=O) groups is 1. The van der Waals surface area contributed by atoms with Crippen molar-refractivity contribution in [3.8, 4) is 17.2 Å². The molecule has 4 heterocycles. The van der Waals surface area contributed by atoms with E-state index in [9.17, 15) is 14.0 Å². The van der Waals surface area contributed by atoms with E-state index in [-0.39, 0.29) is 17.9 Å². The summed E-state index contributed by atoms with van der Waals surface area (Å²) < 4.78 is 36.5. The number of rotatable bonds is 7. The molecule has 0 amide bonds. The standard InChI is InChI=1S/C31H26F2N4O3S/c1-36-13-9-20(10-14-36)28-18-24-30(41-28)27(8-11-34-24)40-26-7-2-19(16-23(26)33)17-25(38)29-31(39)37(15-12-35-29)22-5-3-21(32)4-6-22/h2-8,11-12,15-16,18,20H,9-10,13-14,17H2,1H3. The van der Waals surface area contributed by atoms with E-state index in [1.54, 1.807) is 29.7 Å². The maximum atomic E-state index is 15.2. The second kappa shape index (κ2) is 11.3.